The summed E-state index contributed by atoms with van der Waals surface area (Å²) in [6, 6.07) is 6.56. The van der Waals surface area contributed by atoms with Crippen LogP contribution >= 0.6 is 23.2 Å². The Balaban J connectivity index is 1.71. The zero-order valence-electron chi connectivity index (χ0n) is 12.2. The van der Waals surface area contributed by atoms with Gasteiger partial charge in [-0.05, 0) is 25.1 Å². The van der Waals surface area contributed by atoms with Crippen LogP contribution in [0.25, 0.3) is 0 Å². The average molecular weight is 354 g/mol. The smallest absolute Gasteiger partial charge is 0.231 e. The first kappa shape index (κ1) is 15.8. The third-order valence-corrected chi connectivity index (χ3v) is 4.33. The number of amides is 2. The molecule has 1 saturated heterocycles. The number of hydrogen-bond acceptors (Lipinski definition) is 4. The monoisotopic (exact) mass is 353 g/mol. The summed E-state index contributed by atoms with van der Waals surface area (Å²) >= 11 is 11.9. The normalized spacial score (nSPS) is 17.6. The number of benzene rings is 1. The number of hydrogen-bond donors (Lipinski definition) is 1. The molecule has 3 rings (SSSR count). The lowest BCUT2D eigenvalue weighted by Gasteiger charge is -2.17. The first-order chi connectivity index (χ1) is 10.9. The molecule has 23 heavy (non-hydrogen) atoms. The summed E-state index contributed by atoms with van der Waals surface area (Å²) in [5, 5.41) is 7.13. The number of carbonyl (C=O) groups is 2. The fourth-order valence-corrected chi connectivity index (χ4v) is 2.73. The molecule has 1 aliphatic heterocycles. The molecule has 1 aromatic carbocycles. The van der Waals surface area contributed by atoms with Gasteiger partial charge in [-0.15, -0.1) is 0 Å². The fraction of sp³-hybridized carbons (Fsp3) is 0.267. The number of aryl methyl sites for hydroxylation is 1. The molecule has 1 fully saturated rings. The Hall–Kier alpha value is -2.05. The van der Waals surface area contributed by atoms with Crippen molar-refractivity contribution in [2.75, 3.05) is 16.8 Å². The second-order valence-corrected chi connectivity index (χ2v) is 6.13. The average Bonchev–Trinajstić information content (AvgIpc) is 3.08. The third-order valence-electron chi connectivity index (χ3n) is 3.59. The Labute approximate surface area is 142 Å². The van der Waals surface area contributed by atoms with E-state index in [0.29, 0.717) is 27.3 Å². The molecular formula is C15H13Cl2N3O3. The molecule has 2 heterocycles. The summed E-state index contributed by atoms with van der Waals surface area (Å²) in [6.07, 6.45) is 0.128. The van der Waals surface area contributed by atoms with Gasteiger partial charge >= 0.3 is 0 Å². The van der Waals surface area contributed by atoms with Crippen molar-refractivity contribution < 1.29 is 14.1 Å². The molecule has 2 aromatic rings. The molecule has 1 N–H and O–H groups in total. The molecular weight excluding hydrogens is 341 g/mol. The quantitative estimate of drug-likeness (QED) is 0.918. The second-order valence-electron chi connectivity index (χ2n) is 5.32. The number of rotatable bonds is 3. The van der Waals surface area contributed by atoms with E-state index in [0.717, 1.165) is 0 Å². The number of carbonyl (C=O) groups excluding carboxylic acids is 2. The molecule has 2 amide bonds. The molecule has 120 valence electrons. The van der Waals surface area contributed by atoms with Gasteiger partial charge in [-0.3, -0.25) is 9.59 Å². The zero-order valence-corrected chi connectivity index (χ0v) is 13.7. The van der Waals surface area contributed by atoms with Crippen molar-refractivity contribution in [2.45, 2.75) is 13.3 Å². The molecule has 0 radical (unpaired) electrons. The van der Waals surface area contributed by atoms with Crippen molar-refractivity contribution in [3.63, 3.8) is 0 Å². The third kappa shape index (κ3) is 3.33. The van der Waals surface area contributed by atoms with E-state index in [1.165, 1.54) is 4.90 Å². The van der Waals surface area contributed by atoms with Crippen LogP contribution in [0.3, 0.4) is 0 Å². The van der Waals surface area contributed by atoms with Crippen molar-refractivity contribution in [2.24, 2.45) is 5.92 Å². The predicted octanol–water partition coefficient (Wildman–Crippen LogP) is 3.28. The number of aromatic nitrogens is 1. The summed E-state index contributed by atoms with van der Waals surface area (Å²) in [4.78, 5) is 26.0. The maximum atomic E-state index is 12.2. The van der Waals surface area contributed by atoms with Crippen LogP contribution in [0.2, 0.25) is 10.0 Å². The van der Waals surface area contributed by atoms with Crippen LogP contribution in [0.1, 0.15) is 12.2 Å². The molecule has 1 unspecified atom stereocenters. The summed E-state index contributed by atoms with van der Waals surface area (Å²) in [5.41, 5.74) is 0.622. The van der Waals surface area contributed by atoms with Crippen molar-refractivity contribution >= 4 is 46.5 Å². The summed E-state index contributed by atoms with van der Waals surface area (Å²) in [7, 11) is 0. The Morgan fingerprint density at radius 1 is 1.35 bits per heavy atom. The maximum absolute atomic E-state index is 12.2. The van der Waals surface area contributed by atoms with E-state index in [1.807, 2.05) is 0 Å². The van der Waals surface area contributed by atoms with Crippen LogP contribution in [0.4, 0.5) is 11.5 Å². The van der Waals surface area contributed by atoms with E-state index in [1.54, 1.807) is 31.2 Å². The molecule has 0 spiro atoms. The largest absolute Gasteiger partial charge is 0.360 e. The van der Waals surface area contributed by atoms with E-state index in [9.17, 15) is 9.59 Å². The van der Waals surface area contributed by atoms with Gasteiger partial charge in [0.1, 0.15) is 5.76 Å². The van der Waals surface area contributed by atoms with E-state index in [-0.39, 0.29) is 24.8 Å². The minimum absolute atomic E-state index is 0.128. The molecule has 1 aromatic heterocycles. The van der Waals surface area contributed by atoms with Gasteiger partial charge in [-0.2, -0.15) is 0 Å². The van der Waals surface area contributed by atoms with Gasteiger partial charge in [0.2, 0.25) is 11.8 Å². The van der Waals surface area contributed by atoms with Crippen molar-refractivity contribution in [1.82, 2.24) is 5.16 Å². The van der Waals surface area contributed by atoms with Crippen LogP contribution < -0.4 is 10.2 Å². The van der Waals surface area contributed by atoms with Crippen LogP contribution in [-0.2, 0) is 9.59 Å². The molecule has 0 aliphatic carbocycles. The lowest BCUT2D eigenvalue weighted by molar-refractivity contribution is -0.122. The van der Waals surface area contributed by atoms with E-state index in [2.05, 4.69) is 10.5 Å². The van der Waals surface area contributed by atoms with E-state index >= 15 is 0 Å². The molecule has 8 heteroatoms. The minimum atomic E-state index is -0.464. The number of nitrogens with one attached hydrogen (secondary N) is 1. The van der Waals surface area contributed by atoms with Crippen LogP contribution in [0, 0.1) is 12.8 Å². The lowest BCUT2D eigenvalue weighted by atomic mass is 10.1. The topological polar surface area (TPSA) is 75.4 Å². The highest BCUT2D eigenvalue weighted by atomic mass is 35.5. The van der Waals surface area contributed by atoms with Gasteiger partial charge in [0.25, 0.3) is 0 Å². The Morgan fingerprint density at radius 3 is 2.78 bits per heavy atom. The molecule has 0 bridgehead atoms. The Kier molecular flexibility index (Phi) is 4.28. The number of halogens is 2. The molecule has 6 nitrogen and oxygen atoms in total. The SMILES string of the molecule is Cc1cc(NC(=O)C2CC(=O)N(c3ccc(Cl)c(Cl)c3)C2)no1. The Bertz CT molecular complexity index is 775. The lowest BCUT2D eigenvalue weighted by Crippen LogP contribution is -2.28. The fourth-order valence-electron chi connectivity index (χ4n) is 2.44. The van der Waals surface area contributed by atoms with Gasteiger partial charge in [0, 0.05) is 24.7 Å². The first-order valence-electron chi connectivity index (χ1n) is 6.93. The molecule has 1 atom stereocenters. The molecule has 1 aliphatic rings. The second kappa shape index (κ2) is 6.22. The predicted molar refractivity (Wildman–Crippen MR) is 86.8 cm³/mol. The Morgan fingerprint density at radius 2 is 2.13 bits per heavy atom. The highest BCUT2D eigenvalue weighted by Gasteiger charge is 2.35. The summed E-state index contributed by atoms with van der Waals surface area (Å²) < 4.78 is 4.89. The van der Waals surface area contributed by atoms with Gasteiger partial charge < -0.3 is 14.7 Å². The number of anilines is 2. The van der Waals surface area contributed by atoms with E-state index in [4.69, 9.17) is 27.7 Å². The first-order valence-corrected chi connectivity index (χ1v) is 7.69. The van der Waals surface area contributed by atoms with Gasteiger partial charge in [-0.25, -0.2) is 0 Å². The van der Waals surface area contributed by atoms with Crippen molar-refractivity contribution in [3.05, 3.63) is 40.1 Å². The highest BCUT2D eigenvalue weighted by Crippen LogP contribution is 2.31. The van der Waals surface area contributed by atoms with Crippen LogP contribution in [0.15, 0.2) is 28.8 Å². The standard InChI is InChI=1S/C15H13Cl2N3O3/c1-8-4-13(19-23-8)18-15(22)9-5-14(21)20(7-9)10-2-3-11(16)12(17)6-10/h2-4,6,9H,5,7H2,1H3,(H,18,19,22). The van der Waals surface area contributed by atoms with Gasteiger partial charge in [-0.1, -0.05) is 28.4 Å². The van der Waals surface area contributed by atoms with Crippen molar-refractivity contribution in [3.8, 4) is 0 Å². The van der Waals surface area contributed by atoms with Crippen LogP contribution in [0.5, 0.6) is 0 Å². The number of nitrogens with zero attached hydrogens (tertiary/aromatic N) is 2. The highest BCUT2D eigenvalue weighted by molar-refractivity contribution is 6.42. The van der Waals surface area contributed by atoms with Gasteiger partial charge in [0.15, 0.2) is 5.82 Å². The zero-order chi connectivity index (χ0) is 16.6. The van der Waals surface area contributed by atoms with Crippen molar-refractivity contribution in [1.29, 1.82) is 0 Å². The summed E-state index contributed by atoms with van der Waals surface area (Å²) in [6.45, 7) is 2.01. The van der Waals surface area contributed by atoms with Gasteiger partial charge in [0.05, 0.1) is 16.0 Å². The summed E-state index contributed by atoms with van der Waals surface area (Å²) in [5.74, 6) is 0.0659. The van der Waals surface area contributed by atoms with E-state index < -0.39 is 5.92 Å². The molecule has 0 saturated carbocycles. The maximum Gasteiger partial charge on any atom is 0.231 e. The minimum Gasteiger partial charge on any atom is -0.360 e. The van der Waals surface area contributed by atoms with Crippen LogP contribution in [-0.4, -0.2) is 23.5 Å².